The van der Waals surface area contributed by atoms with E-state index >= 15 is 0 Å². The Kier molecular flexibility index (Phi) is 6.02. The van der Waals surface area contributed by atoms with Gasteiger partial charge in [0.05, 0.1) is 0 Å². The zero-order valence-electron chi connectivity index (χ0n) is 25.5. The Morgan fingerprint density at radius 1 is 0.413 bits per heavy atom. The number of nitrogens with zero attached hydrogens (tertiary/aromatic N) is 3. The molecule has 0 amide bonds. The first kappa shape index (κ1) is 26.9. The van der Waals surface area contributed by atoms with E-state index in [0.29, 0.717) is 17.5 Å². The predicted molar refractivity (Wildman–Crippen MR) is 192 cm³/mol. The molecule has 0 unspecified atom stereocenters. The van der Waals surface area contributed by atoms with Crippen LogP contribution in [0.5, 0.6) is 0 Å². The van der Waals surface area contributed by atoms with E-state index < -0.39 is 0 Å². The van der Waals surface area contributed by atoms with E-state index in [1.807, 2.05) is 72.0 Å². The Morgan fingerprint density at radius 2 is 0.891 bits per heavy atom. The van der Waals surface area contributed by atoms with Crippen LogP contribution in [-0.2, 0) is 5.41 Å². The third-order valence-corrected chi connectivity index (χ3v) is 10.5. The molecular formula is C42H29N3S. The topological polar surface area (TPSA) is 38.7 Å². The van der Waals surface area contributed by atoms with Crippen LogP contribution in [0.2, 0.25) is 0 Å². The standard InChI is InChI=1S/C42H29N3S/c1-42(2)35-16-10-9-15-31(35)34-23-28(19-22-36(34)42)29-17-20-32-33-21-18-30(25-38(33)46-37(32)24-29)41-44-39(26-11-5-3-6-12-26)43-40(45-41)27-13-7-4-8-14-27/h3-25H,1-2H3. The molecule has 4 heteroatoms. The fraction of sp³-hybridized carbons (Fsp3) is 0.0714. The quantitative estimate of drug-likeness (QED) is 0.200. The minimum Gasteiger partial charge on any atom is -0.208 e. The van der Waals surface area contributed by atoms with Crippen molar-refractivity contribution in [1.82, 2.24) is 15.0 Å². The lowest BCUT2D eigenvalue weighted by Gasteiger charge is -2.21. The molecule has 6 aromatic carbocycles. The predicted octanol–water partition coefficient (Wildman–Crippen LogP) is 11.2. The van der Waals surface area contributed by atoms with Gasteiger partial charge >= 0.3 is 0 Å². The van der Waals surface area contributed by atoms with Crippen LogP contribution in [0.25, 0.3) is 76.6 Å². The van der Waals surface area contributed by atoms with Crippen LogP contribution in [0.1, 0.15) is 25.0 Å². The van der Waals surface area contributed by atoms with Crippen LogP contribution >= 0.6 is 11.3 Å². The van der Waals surface area contributed by atoms with Crippen LogP contribution in [-0.4, -0.2) is 15.0 Å². The Hall–Kier alpha value is -5.45. The van der Waals surface area contributed by atoms with E-state index in [4.69, 9.17) is 15.0 Å². The van der Waals surface area contributed by atoms with E-state index in [1.54, 1.807) is 0 Å². The maximum atomic E-state index is 4.95. The highest BCUT2D eigenvalue weighted by atomic mass is 32.1. The summed E-state index contributed by atoms with van der Waals surface area (Å²) in [4.78, 5) is 14.8. The van der Waals surface area contributed by atoms with Crippen molar-refractivity contribution in [2.24, 2.45) is 0 Å². The molecule has 0 saturated heterocycles. The second-order valence-corrected chi connectivity index (χ2v) is 13.6. The van der Waals surface area contributed by atoms with Gasteiger partial charge in [-0.3, -0.25) is 0 Å². The molecule has 2 aromatic heterocycles. The summed E-state index contributed by atoms with van der Waals surface area (Å²) in [5, 5.41) is 2.52. The summed E-state index contributed by atoms with van der Waals surface area (Å²) in [6, 6.07) is 49.5. The second-order valence-electron chi connectivity index (χ2n) is 12.5. The highest BCUT2D eigenvalue weighted by Gasteiger charge is 2.35. The molecule has 0 atom stereocenters. The van der Waals surface area contributed by atoms with Gasteiger partial charge in [0, 0.05) is 42.3 Å². The number of rotatable bonds is 4. The summed E-state index contributed by atoms with van der Waals surface area (Å²) in [7, 11) is 0. The molecule has 8 aromatic rings. The molecule has 3 nitrogen and oxygen atoms in total. The largest absolute Gasteiger partial charge is 0.208 e. The highest BCUT2D eigenvalue weighted by molar-refractivity contribution is 7.25. The first-order valence-corrected chi connectivity index (χ1v) is 16.4. The molecule has 9 rings (SSSR count). The molecular weight excluding hydrogens is 579 g/mol. The van der Waals surface area contributed by atoms with Crippen molar-refractivity contribution in [1.29, 1.82) is 0 Å². The van der Waals surface area contributed by atoms with E-state index in [9.17, 15) is 0 Å². The summed E-state index contributed by atoms with van der Waals surface area (Å²) in [5.41, 5.74) is 10.9. The van der Waals surface area contributed by atoms with E-state index in [2.05, 4.69) is 92.7 Å². The van der Waals surface area contributed by atoms with Crippen LogP contribution in [0.4, 0.5) is 0 Å². The molecule has 0 aliphatic heterocycles. The Labute approximate surface area is 271 Å². The number of hydrogen-bond donors (Lipinski definition) is 0. The molecule has 0 fully saturated rings. The lowest BCUT2D eigenvalue weighted by molar-refractivity contribution is 0.660. The van der Waals surface area contributed by atoms with Gasteiger partial charge in [0.15, 0.2) is 17.5 Å². The summed E-state index contributed by atoms with van der Waals surface area (Å²) in [6.07, 6.45) is 0. The van der Waals surface area contributed by atoms with Gasteiger partial charge in [0.1, 0.15) is 0 Å². The van der Waals surface area contributed by atoms with Crippen LogP contribution in [0, 0.1) is 0 Å². The summed E-state index contributed by atoms with van der Waals surface area (Å²) in [6.45, 7) is 4.66. The fourth-order valence-corrected chi connectivity index (χ4v) is 8.12. The zero-order valence-corrected chi connectivity index (χ0v) is 26.3. The second kappa shape index (κ2) is 10.3. The van der Waals surface area contributed by atoms with E-state index in [1.165, 1.54) is 53.6 Å². The van der Waals surface area contributed by atoms with Gasteiger partial charge in [0.25, 0.3) is 0 Å². The average Bonchev–Trinajstić information content (AvgIpc) is 3.59. The Morgan fingerprint density at radius 3 is 1.54 bits per heavy atom. The minimum atomic E-state index is 0.0137. The lowest BCUT2D eigenvalue weighted by atomic mass is 9.82. The first-order valence-electron chi connectivity index (χ1n) is 15.6. The third-order valence-electron chi connectivity index (χ3n) is 9.35. The van der Waals surface area contributed by atoms with Crippen LogP contribution in [0.3, 0.4) is 0 Å². The van der Waals surface area contributed by atoms with Crippen molar-refractivity contribution < 1.29 is 0 Å². The number of fused-ring (bicyclic) bond motifs is 6. The molecule has 218 valence electrons. The maximum absolute atomic E-state index is 4.95. The number of hydrogen-bond acceptors (Lipinski definition) is 4. The summed E-state index contributed by atoms with van der Waals surface area (Å²) < 4.78 is 2.49. The highest BCUT2D eigenvalue weighted by Crippen LogP contribution is 2.49. The van der Waals surface area contributed by atoms with Crippen LogP contribution < -0.4 is 0 Å². The third kappa shape index (κ3) is 4.29. The van der Waals surface area contributed by atoms with Crippen molar-refractivity contribution in [2.75, 3.05) is 0 Å². The lowest BCUT2D eigenvalue weighted by Crippen LogP contribution is -2.14. The van der Waals surface area contributed by atoms with Gasteiger partial charge in [-0.2, -0.15) is 0 Å². The van der Waals surface area contributed by atoms with Gasteiger partial charge < -0.3 is 0 Å². The molecule has 0 spiro atoms. The molecule has 1 aliphatic carbocycles. The molecule has 2 heterocycles. The first-order chi connectivity index (χ1) is 22.5. The van der Waals surface area contributed by atoms with Crippen molar-refractivity contribution in [3.05, 3.63) is 151 Å². The smallest absolute Gasteiger partial charge is 0.164 e. The molecule has 0 saturated carbocycles. The normalized spacial score (nSPS) is 13.2. The van der Waals surface area contributed by atoms with Crippen molar-refractivity contribution in [2.45, 2.75) is 19.3 Å². The van der Waals surface area contributed by atoms with Gasteiger partial charge in [-0.1, -0.05) is 135 Å². The van der Waals surface area contributed by atoms with Gasteiger partial charge in [-0.25, -0.2) is 15.0 Å². The van der Waals surface area contributed by atoms with Crippen LogP contribution in [0.15, 0.2) is 140 Å². The fourth-order valence-electron chi connectivity index (χ4n) is 6.93. The number of thiophene rings is 1. The average molecular weight is 608 g/mol. The van der Waals surface area contributed by atoms with Crippen molar-refractivity contribution in [3.8, 4) is 56.4 Å². The van der Waals surface area contributed by atoms with E-state index in [0.717, 1.165) is 16.7 Å². The Bertz CT molecular complexity index is 2380. The molecule has 0 radical (unpaired) electrons. The molecule has 46 heavy (non-hydrogen) atoms. The summed E-state index contributed by atoms with van der Waals surface area (Å²) in [5.74, 6) is 2.02. The number of benzene rings is 6. The number of aromatic nitrogens is 3. The zero-order chi connectivity index (χ0) is 30.8. The maximum Gasteiger partial charge on any atom is 0.164 e. The minimum absolute atomic E-state index is 0.0137. The van der Waals surface area contributed by atoms with Crippen molar-refractivity contribution >= 4 is 31.5 Å². The van der Waals surface area contributed by atoms with Gasteiger partial charge in [0.2, 0.25) is 0 Å². The molecule has 0 bridgehead atoms. The van der Waals surface area contributed by atoms with E-state index in [-0.39, 0.29) is 5.41 Å². The SMILES string of the molecule is CC1(C)c2ccccc2-c2cc(-c3ccc4c(c3)sc3cc(-c5nc(-c6ccccc6)nc(-c6ccccc6)n5)ccc34)ccc21. The molecule has 0 N–H and O–H groups in total. The summed E-state index contributed by atoms with van der Waals surface area (Å²) >= 11 is 1.82. The van der Waals surface area contributed by atoms with Crippen molar-refractivity contribution in [3.63, 3.8) is 0 Å². The Balaban J connectivity index is 1.13. The van der Waals surface area contributed by atoms with Gasteiger partial charge in [-0.15, -0.1) is 11.3 Å². The molecule has 1 aliphatic rings. The monoisotopic (exact) mass is 607 g/mol. The van der Waals surface area contributed by atoms with Gasteiger partial charge in [-0.05, 0) is 51.6 Å².